The zero-order valence-electron chi connectivity index (χ0n) is 14.4. The number of rotatable bonds is 5. The minimum Gasteiger partial charge on any atom is -0.424 e. The van der Waals surface area contributed by atoms with Crippen molar-refractivity contribution in [2.24, 2.45) is 0 Å². The summed E-state index contributed by atoms with van der Waals surface area (Å²) in [5.74, 6) is 1.48. The number of thioether (sulfide) groups is 1. The molecule has 0 amide bonds. The standard InChI is InChI=1S/C19H15ClN4O2S/c1-2-16-22-23-17(26-16)11-27-19-21-14-9-5-3-7-12(14)18(25)24(19)15-10-6-4-8-13(15)20/h3-10H,2,11H2,1H3. The van der Waals surface area contributed by atoms with Crippen LogP contribution in [0.1, 0.15) is 18.7 Å². The maximum Gasteiger partial charge on any atom is 0.266 e. The van der Waals surface area contributed by atoms with Crippen LogP contribution in [0.2, 0.25) is 5.02 Å². The summed E-state index contributed by atoms with van der Waals surface area (Å²) in [6.07, 6.45) is 0.677. The molecule has 0 atom stereocenters. The van der Waals surface area contributed by atoms with Gasteiger partial charge in [0.25, 0.3) is 5.56 Å². The van der Waals surface area contributed by atoms with Crippen molar-refractivity contribution < 1.29 is 4.42 Å². The van der Waals surface area contributed by atoms with Gasteiger partial charge < -0.3 is 4.42 Å². The molecule has 6 nitrogen and oxygen atoms in total. The fourth-order valence-electron chi connectivity index (χ4n) is 2.67. The van der Waals surface area contributed by atoms with Gasteiger partial charge in [-0.15, -0.1) is 10.2 Å². The van der Waals surface area contributed by atoms with Gasteiger partial charge in [0.05, 0.1) is 27.4 Å². The van der Waals surface area contributed by atoms with Gasteiger partial charge in [-0.3, -0.25) is 9.36 Å². The van der Waals surface area contributed by atoms with E-state index in [4.69, 9.17) is 16.0 Å². The smallest absolute Gasteiger partial charge is 0.266 e. The Morgan fingerprint density at radius 2 is 1.81 bits per heavy atom. The van der Waals surface area contributed by atoms with Crippen LogP contribution in [0.25, 0.3) is 16.6 Å². The average molecular weight is 399 g/mol. The third-order valence-corrected chi connectivity index (χ3v) is 5.22. The number of aromatic nitrogens is 4. The average Bonchev–Trinajstić information content (AvgIpc) is 3.16. The van der Waals surface area contributed by atoms with Crippen molar-refractivity contribution in [3.05, 3.63) is 75.7 Å². The quantitative estimate of drug-likeness (QED) is 0.369. The second-order valence-corrected chi connectivity index (χ2v) is 7.08. The third kappa shape index (κ3) is 3.48. The van der Waals surface area contributed by atoms with Crippen LogP contribution in [0.5, 0.6) is 0 Å². The summed E-state index contributed by atoms with van der Waals surface area (Å²) in [5, 5.41) is 9.53. The Labute approximate surface area is 164 Å². The van der Waals surface area contributed by atoms with Crippen LogP contribution in [0, 0.1) is 0 Å². The molecule has 136 valence electrons. The minimum atomic E-state index is -0.170. The van der Waals surface area contributed by atoms with E-state index in [1.165, 1.54) is 16.3 Å². The van der Waals surface area contributed by atoms with E-state index in [2.05, 4.69) is 15.2 Å². The normalized spacial score (nSPS) is 11.2. The highest BCUT2D eigenvalue weighted by molar-refractivity contribution is 7.98. The zero-order chi connectivity index (χ0) is 18.8. The summed E-state index contributed by atoms with van der Waals surface area (Å²) in [6.45, 7) is 1.95. The van der Waals surface area contributed by atoms with Crippen LogP contribution in [0.15, 0.2) is 62.9 Å². The number of nitrogens with zero attached hydrogens (tertiary/aromatic N) is 4. The van der Waals surface area contributed by atoms with Crippen LogP contribution >= 0.6 is 23.4 Å². The van der Waals surface area contributed by atoms with Gasteiger partial charge in [-0.1, -0.05) is 54.6 Å². The Kier molecular flexibility index (Phi) is 4.96. The lowest BCUT2D eigenvalue weighted by atomic mass is 10.2. The van der Waals surface area contributed by atoms with Crippen molar-refractivity contribution in [2.75, 3.05) is 0 Å². The summed E-state index contributed by atoms with van der Waals surface area (Å²) < 4.78 is 7.09. The minimum absolute atomic E-state index is 0.170. The number of halogens is 1. The first kappa shape index (κ1) is 17.8. The van der Waals surface area contributed by atoms with E-state index < -0.39 is 0 Å². The molecule has 0 aliphatic carbocycles. The van der Waals surface area contributed by atoms with Crippen LogP contribution < -0.4 is 5.56 Å². The van der Waals surface area contributed by atoms with Gasteiger partial charge in [-0.25, -0.2) is 4.98 Å². The molecule has 0 saturated heterocycles. The second kappa shape index (κ2) is 7.54. The molecule has 2 heterocycles. The van der Waals surface area contributed by atoms with Crippen molar-refractivity contribution >= 4 is 34.3 Å². The largest absolute Gasteiger partial charge is 0.424 e. The highest BCUT2D eigenvalue weighted by Crippen LogP contribution is 2.27. The van der Waals surface area contributed by atoms with Gasteiger partial charge in [0.2, 0.25) is 11.8 Å². The molecule has 0 unspecified atom stereocenters. The van der Waals surface area contributed by atoms with Gasteiger partial charge in [0.15, 0.2) is 5.16 Å². The lowest BCUT2D eigenvalue weighted by Crippen LogP contribution is -2.22. The summed E-state index contributed by atoms with van der Waals surface area (Å²) >= 11 is 7.71. The van der Waals surface area contributed by atoms with Crippen LogP contribution in [-0.2, 0) is 12.2 Å². The van der Waals surface area contributed by atoms with E-state index in [0.717, 1.165) is 0 Å². The highest BCUT2D eigenvalue weighted by Gasteiger charge is 2.16. The number of hydrogen-bond acceptors (Lipinski definition) is 6. The van der Waals surface area contributed by atoms with Gasteiger partial charge >= 0.3 is 0 Å². The van der Waals surface area contributed by atoms with Gasteiger partial charge in [0, 0.05) is 6.42 Å². The van der Waals surface area contributed by atoms with E-state index in [9.17, 15) is 4.79 Å². The predicted molar refractivity (Wildman–Crippen MR) is 106 cm³/mol. The van der Waals surface area contributed by atoms with E-state index in [1.54, 1.807) is 18.2 Å². The van der Waals surface area contributed by atoms with Crippen LogP contribution in [0.3, 0.4) is 0 Å². The molecule has 0 aliphatic rings. The van der Waals surface area contributed by atoms with Crippen molar-refractivity contribution in [1.29, 1.82) is 0 Å². The molecule has 0 aliphatic heterocycles. The van der Waals surface area contributed by atoms with Crippen LogP contribution in [0.4, 0.5) is 0 Å². The summed E-state index contributed by atoms with van der Waals surface area (Å²) in [7, 11) is 0. The molecule has 0 fully saturated rings. The Bertz CT molecular complexity index is 1170. The first-order valence-corrected chi connectivity index (χ1v) is 9.74. The molecule has 8 heteroatoms. The monoisotopic (exact) mass is 398 g/mol. The van der Waals surface area contributed by atoms with E-state index in [1.807, 2.05) is 37.3 Å². The molecule has 0 saturated carbocycles. The number of hydrogen-bond donors (Lipinski definition) is 0. The number of aryl methyl sites for hydroxylation is 1. The Hall–Kier alpha value is -2.64. The Morgan fingerprint density at radius 3 is 2.59 bits per heavy atom. The van der Waals surface area contributed by atoms with Crippen molar-refractivity contribution in [1.82, 2.24) is 19.7 Å². The zero-order valence-corrected chi connectivity index (χ0v) is 16.0. The lowest BCUT2D eigenvalue weighted by Gasteiger charge is -2.13. The molecule has 27 heavy (non-hydrogen) atoms. The molecule has 0 bridgehead atoms. The number of para-hydroxylation sites is 2. The highest BCUT2D eigenvalue weighted by atomic mass is 35.5. The second-order valence-electron chi connectivity index (χ2n) is 5.74. The van der Waals surface area contributed by atoms with Crippen molar-refractivity contribution in [2.45, 2.75) is 24.3 Å². The SMILES string of the molecule is CCc1nnc(CSc2nc3ccccc3c(=O)n2-c2ccccc2Cl)o1. The lowest BCUT2D eigenvalue weighted by molar-refractivity contribution is 0.469. The molecule has 4 aromatic rings. The maximum absolute atomic E-state index is 13.2. The Morgan fingerprint density at radius 1 is 1.07 bits per heavy atom. The van der Waals surface area contributed by atoms with Gasteiger partial charge in [0.1, 0.15) is 0 Å². The molecule has 0 radical (unpaired) electrons. The van der Waals surface area contributed by atoms with E-state index in [0.29, 0.717) is 50.7 Å². The maximum atomic E-state index is 13.2. The van der Waals surface area contributed by atoms with Crippen LogP contribution in [-0.4, -0.2) is 19.7 Å². The first-order chi connectivity index (χ1) is 13.2. The predicted octanol–water partition coefficient (Wildman–Crippen LogP) is 4.28. The van der Waals surface area contributed by atoms with Crippen molar-refractivity contribution in [3.8, 4) is 5.69 Å². The molecule has 0 spiro atoms. The fourth-order valence-corrected chi connectivity index (χ4v) is 3.73. The third-order valence-electron chi connectivity index (χ3n) is 3.97. The van der Waals surface area contributed by atoms with Gasteiger partial charge in [-0.05, 0) is 24.3 Å². The molecular weight excluding hydrogens is 384 g/mol. The van der Waals surface area contributed by atoms with E-state index in [-0.39, 0.29) is 5.56 Å². The fraction of sp³-hybridized carbons (Fsp3) is 0.158. The first-order valence-electron chi connectivity index (χ1n) is 8.38. The molecule has 2 aromatic carbocycles. The number of benzene rings is 2. The van der Waals surface area contributed by atoms with E-state index >= 15 is 0 Å². The summed E-state index contributed by atoms with van der Waals surface area (Å²) in [5.41, 5.74) is 1.05. The Balaban J connectivity index is 1.83. The van der Waals surface area contributed by atoms with Crippen molar-refractivity contribution in [3.63, 3.8) is 0 Å². The molecule has 2 aromatic heterocycles. The molecular formula is C19H15ClN4O2S. The molecule has 4 rings (SSSR count). The summed E-state index contributed by atoms with van der Waals surface area (Å²) in [6, 6.07) is 14.5. The summed E-state index contributed by atoms with van der Waals surface area (Å²) in [4.78, 5) is 17.8. The number of fused-ring (bicyclic) bond motifs is 1. The van der Waals surface area contributed by atoms with Gasteiger partial charge in [-0.2, -0.15) is 0 Å². The molecule has 0 N–H and O–H groups in total. The topological polar surface area (TPSA) is 73.8 Å².